The molecule has 0 aliphatic carbocycles. The molecule has 1 aromatic carbocycles. The van der Waals surface area contributed by atoms with Crippen molar-refractivity contribution in [1.82, 2.24) is 0 Å². The van der Waals surface area contributed by atoms with Crippen molar-refractivity contribution >= 4 is 23.1 Å². The van der Waals surface area contributed by atoms with Crippen LogP contribution >= 0.6 is 12.0 Å². The third-order valence-corrected chi connectivity index (χ3v) is 2.51. The number of benzene rings is 1. The maximum absolute atomic E-state index is 9.53. The first-order valence-electron chi connectivity index (χ1n) is 3.79. The van der Waals surface area contributed by atoms with Gasteiger partial charge in [0.15, 0.2) is 22.6 Å². The smallest absolute Gasteiger partial charge is 0.165 e. The summed E-state index contributed by atoms with van der Waals surface area (Å²) < 4.78 is 25.2. The second-order valence-corrected chi connectivity index (χ2v) is 4.40. The van der Waals surface area contributed by atoms with Crippen molar-refractivity contribution in [2.24, 2.45) is 0 Å². The Bertz CT molecular complexity index is 330. The highest BCUT2D eigenvalue weighted by Crippen LogP contribution is 2.23. The highest BCUT2D eigenvalue weighted by Gasteiger charge is 1.94. The summed E-state index contributed by atoms with van der Waals surface area (Å²) >= 11 is -1.49. The molecule has 1 unspecified atom stereocenters. The number of aryl methyl sites for hydroxylation is 1. The minimum Gasteiger partial charge on any atom is -0.504 e. The van der Waals surface area contributed by atoms with E-state index in [0.717, 1.165) is 5.56 Å². The number of aromatic hydroxyl groups is 2. The van der Waals surface area contributed by atoms with Crippen molar-refractivity contribution in [2.45, 2.75) is 6.92 Å². The molecule has 1 atom stereocenters. The fourth-order valence-corrected chi connectivity index (χ4v) is 1.04. The predicted molar refractivity (Wildman–Crippen MR) is 64.0 cm³/mol. The molecule has 0 aromatic heterocycles. The molecule has 16 heavy (non-hydrogen) atoms. The van der Waals surface area contributed by atoms with Crippen molar-refractivity contribution in [2.75, 3.05) is 5.08 Å². The van der Waals surface area contributed by atoms with E-state index in [2.05, 4.69) is 0 Å². The molecule has 0 heterocycles. The maximum Gasteiger partial charge on any atom is 0.165 e. The molecule has 94 valence electrons. The lowest BCUT2D eigenvalue weighted by Gasteiger charge is -1.95. The SMILES string of the molecule is Cc1ccc(O)c(O)c1.O.O=S(O)CSO. The van der Waals surface area contributed by atoms with E-state index in [9.17, 15) is 4.21 Å². The Morgan fingerprint density at radius 2 is 1.88 bits per heavy atom. The average Bonchev–Trinajstić information content (AvgIpc) is 2.13. The largest absolute Gasteiger partial charge is 0.504 e. The Kier molecular flexibility index (Phi) is 10.4. The highest BCUT2D eigenvalue weighted by atomic mass is 32.2. The van der Waals surface area contributed by atoms with Crippen molar-refractivity contribution in [1.29, 1.82) is 0 Å². The van der Waals surface area contributed by atoms with Crippen LogP contribution in [-0.2, 0) is 11.1 Å². The van der Waals surface area contributed by atoms with E-state index in [1.165, 1.54) is 12.1 Å². The summed E-state index contributed by atoms with van der Waals surface area (Å²) in [6.45, 7) is 1.85. The first-order chi connectivity index (χ1) is 6.97. The summed E-state index contributed by atoms with van der Waals surface area (Å²) in [5.74, 6) is -0.129. The summed E-state index contributed by atoms with van der Waals surface area (Å²) in [6, 6.07) is 4.70. The van der Waals surface area contributed by atoms with Gasteiger partial charge in [-0.1, -0.05) is 6.07 Å². The first kappa shape index (κ1) is 17.6. The van der Waals surface area contributed by atoms with Crippen LogP contribution in [0.25, 0.3) is 0 Å². The Hall–Kier alpha value is -0.800. The molecule has 0 fully saturated rings. The fourth-order valence-electron chi connectivity index (χ4n) is 0.679. The van der Waals surface area contributed by atoms with Crippen molar-refractivity contribution in [3.05, 3.63) is 23.8 Å². The van der Waals surface area contributed by atoms with Crippen LogP contribution in [-0.4, -0.2) is 34.1 Å². The van der Waals surface area contributed by atoms with Gasteiger partial charge < -0.3 is 24.8 Å². The zero-order chi connectivity index (χ0) is 11.8. The normalized spacial score (nSPS) is 10.7. The molecule has 0 amide bonds. The highest BCUT2D eigenvalue weighted by molar-refractivity contribution is 8.05. The lowest BCUT2D eigenvalue weighted by Crippen LogP contribution is -1.86. The monoisotopic (exact) mass is 270 g/mol. The van der Waals surface area contributed by atoms with Crippen LogP contribution in [0, 0.1) is 6.92 Å². The zero-order valence-electron chi connectivity index (χ0n) is 8.45. The van der Waals surface area contributed by atoms with Crippen molar-refractivity contribution in [3.8, 4) is 11.5 Å². The third-order valence-electron chi connectivity index (χ3n) is 1.28. The van der Waals surface area contributed by atoms with Crippen molar-refractivity contribution in [3.63, 3.8) is 0 Å². The van der Waals surface area contributed by atoms with Crippen LogP contribution in [0.15, 0.2) is 18.2 Å². The fraction of sp³-hybridized carbons (Fsp3) is 0.250. The third kappa shape index (κ3) is 8.50. The van der Waals surface area contributed by atoms with Crippen LogP contribution < -0.4 is 0 Å². The molecular weight excluding hydrogens is 256 g/mol. The van der Waals surface area contributed by atoms with E-state index in [1.807, 2.05) is 6.92 Å². The van der Waals surface area contributed by atoms with Gasteiger partial charge in [-0.3, -0.25) is 0 Å². The van der Waals surface area contributed by atoms with Gasteiger partial charge in [-0.25, -0.2) is 4.21 Å². The van der Waals surface area contributed by atoms with Crippen LogP contribution in [0.3, 0.4) is 0 Å². The number of phenolic OH excluding ortho intramolecular Hbond substituents is 2. The van der Waals surface area contributed by atoms with Gasteiger partial charge in [0.05, 0.1) is 0 Å². The number of hydrogen-bond donors (Lipinski definition) is 4. The molecule has 6 N–H and O–H groups in total. The molecule has 1 aromatic rings. The molecule has 0 radical (unpaired) electrons. The number of phenols is 2. The molecule has 0 spiro atoms. The van der Waals surface area contributed by atoms with Crippen molar-refractivity contribution < 1.29 is 29.0 Å². The van der Waals surface area contributed by atoms with E-state index in [4.69, 9.17) is 19.3 Å². The molecular formula is C8H14O6S2. The topological polar surface area (TPSA) is 129 Å². The standard InChI is InChI=1S/C7H8O2.CH4O3S2.H2O/c1-5-2-3-6(8)7(9)4-5;2-5-1-6(3)4;/h2-4,8-9H,1H3;2H,1H2,(H,3,4);1H2. The molecule has 1 rings (SSSR count). The average molecular weight is 270 g/mol. The predicted octanol–water partition coefficient (Wildman–Crippen LogP) is 0.953. The van der Waals surface area contributed by atoms with Gasteiger partial charge in [0, 0.05) is 12.0 Å². The zero-order valence-corrected chi connectivity index (χ0v) is 10.1. The number of rotatable bonds is 2. The quantitative estimate of drug-likeness (QED) is 0.360. The van der Waals surface area contributed by atoms with Crippen LogP contribution in [0.2, 0.25) is 0 Å². The van der Waals surface area contributed by atoms with Crippen LogP contribution in [0.5, 0.6) is 11.5 Å². The summed E-state index contributed by atoms with van der Waals surface area (Å²) in [6.07, 6.45) is 0. The van der Waals surface area contributed by atoms with E-state index in [0.29, 0.717) is 12.0 Å². The van der Waals surface area contributed by atoms with Gasteiger partial charge in [0.25, 0.3) is 0 Å². The molecule has 6 nitrogen and oxygen atoms in total. The van der Waals surface area contributed by atoms with Gasteiger partial charge in [-0.15, -0.1) is 0 Å². The molecule has 0 bridgehead atoms. The molecule has 0 saturated carbocycles. The van der Waals surface area contributed by atoms with E-state index in [1.54, 1.807) is 6.07 Å². The minimum atomic E-state index is -1.85. The van der Waals surface area contributed by atoms with E-state index in [-0.39, 0.29) is 22.1 Å². The van der Waals surface area contributed by atoms with Crippen LogP contribution in [0.1, 0.15) is 5.56 Å². The summed E-state index contributed by atoms with van der Waals surface area (Å²) in [5.41, 5.74) is 0.935. The summed E-state index contributed by atoms with van der Waals surface area (Å²) in [4.78, 5) is 0. The van der Waals surface area contributed by atoms with E-state index < -0.39 is 11.1 Å². The lowest BCUT2D eigenvalue weighted by molar-refractivity contribution is 0.403. The Morgan fingerprint density at radius 1 is 1.31 bits per heavy atom. The first-order valence-corrected chi connectivity index (χ1v) is 6.01. The van der Waals surface area contributed by atoms with Gasteiger partial charge in [0.1, 0.15) is 5.08 Å². The van der Waals surface area contributed by atoms with E-state index >= 15 is 0 Å². The molecule has 0 aliphatic rings. The van der Waals surface area contributed by atoms with Gasteiger partial charge in [-0.05, 0) is 24.6 Å². The Morgan fingerprint density at radius 3 is 2.12 bits per heavy atom. The maximum atomic E-state index is 9.53. The second kappa shape index (κ2) is 9.43. The Balaban J connectivity index is 0. The molecule has 0 saturated heterocycles. The summed E-state index contributed by atoms with van der Waals surface area (Å²) in [7, 11) is 0. The molecule has 0 aliphatic heterocycles. The van der Waals surface area contributed by atoms with Crippen LogP contribution in [0.4, 0.5) is 0 Å². The van der Waals surface area contributed by atoms with Gasteiger partial charge >= 0.3 is 0 Å². The second-order valence-electron chi connectivity index (χ2n) is 2.56. The summed E-state index contributed by atoms with van der Waals surface area (Å²) in [5, 5.41) is 17.5. The minimum absolute atomic E-state index is 0. The molecule has 8 heteroatoms. The number of hydrogen-bond acceptors (Lipinski definition) is 5. The van der Waals surface area contributed by atoms with Gasteiger partial charge in [-0.2, -0.15) is 0 Å². The van der Waals surface area contributed by atoms with Gasteiger partial charge in [0.2, 0.25) is 0 Å². The Labute approximate surface area is 99.7 Å². The lowest BCUT2D eigenvalue weighted by atomic mass is 10.2.